The van der Waals surface area contributed by atoms with Crippen molar-refractivity contribution < 1.29 is 18.7 Å². The monoisotopic (exact) mass is 255 g/mol. The first-order valence-electron chi connectivity index (χ1n) is 5.89. The molecule has 1 aliphatic heterocycles. The fraction of sp³-hybridized carbons (Fsp3) is 0.462. The molecule has 1 saturated heterocycles. The van der Waals surface area contributed by atoms with Crippen LogP contribution in [-0.4, -0.2) is 24.0 Å². The lowest BCUT2D eigenvalue weighted by atomic mass is 9.98. The van der Waals surface area contributed by atoms with Gasteiger partial charge in [0.1, 0.15) is 0 Å². The van der Waals surface area contributed by atoms with E-state index in [-0.39, 0.29) is 12.5 Å². The number of halogens is 2. The van der Waals surface area contributed by atoms with Crippen LogP contribution in [0.1, 0.15) is 23.6 Å². The molecule has 0 aromatic heterocycles. The number of hydrogen-bond donors (Lipinski definition) is 2. The van der Waals surface area contributed by atoms with E-state index in [0.29, 0.717) is 18.5 Å². The number of aliphatic carboxylic acids is 1. The van der Waals surface area contributed by atoms with Gasteiger partial charge >= 0.3 is 5.97 Å². The second kappa shape index (κ2) is 5.44. The molecule has 2 unspecified atom stereocenters. The predicted molar refractivity (Wildman–Crippen MR) is 62.6 cm³/mol. The van der Waals surface area contributed by atoms with E-state index in [1.807, 2.05) is 6.07 Å². The van der Waals surface area contributed by atoms with Gasteiger partial charge in [0.25, 0.3) is 0 Å². The molecule has 0 spiro atoms. The minimum Gasteiger partial charge on any atom is -0.481 e. The van der Waals surface area contributed by atoms with Crippen molar-refractivity contribution in [1.82, 2.24) is 5.32 Å². The minimum absolute atomic E-state index is 0.0521. The lowest BCUT2D eigenvalue weighted by Gasteiger charge is -2.12. The summed E-state index contributed by atoms with van der Waals surface area (Å²) in [6.07, 6.45) is -2.11. The standard InChI is InChI=1S/C13H15F2NO2/c14-12(15)5-8-2-1-3-9(4-8)11-6-10(7-16-11)13(17)18/h1-4,10-12,16H,5-7H2,(H,17,18). The Morgan fingerprint density at radius 1 is 1.50 bits per heavy atom. The SMILES string of the molecule is O=C(O)C1CNC(c2cccc(CC(F)F)c2)C1. The minimum atomic E-state index is -2.36. The van der Waals surface area contributed by atoms with Crippen LogP contribution in [0.2, 0.25) is 0 Å². The molecule has 1 aliphatic rings. The molecule has 1 heterocycles. The van der Waals surface area contributed by atoms with Crippen LogP contribution >= 0.6 is 0 Å². The van der Waals surface area contributed by atoms with E-state index in [2.05, 4.69) is 5.32 Å². The Kier molecular flexibility index (Phi) is 3.91. The second-order valence-electron chi connectivity index (χ2n) is 4.57. The van der Waals surface area contributed by atoms with Crippen LogP contribution < -0.4 is 5.32 Å². The highest BCUT2D eigenvalue weighted by Gasteiger charge is 2.30. The zero-order valence-corrected chi connectivity index (χ0v) is 9.77. The molecule has 1 aromatic rings. The largest absolute Gasteiger partial charge is 0.481 e. The van der Waals surface area contributed by atoms with E-state index in [9.17, 15) is 13.6 Å². The Morgan fingerprint density at radius 3 is 2.89 bits per heavy atom. The van der Waals surface area contributed by atoms with Gasteiger partial charge in [-0.25, -0.2) is 8.78 Å². The number of carboxylic acids is 1. The Morgan fingerprint density at radius 2 is 2.28 bits per heavy atom. The highest BCUT2D eigenvalue weighted by molar-refractivity contribution is 5.70. The fourth-order valence-corrected chi connectivity index (χ4v) is 2.29. The molecule has 2 rings (SSSR count). The summed E-state index contributed by atoms with van der Waals surface area (Å²) in [7, 11) is 0. The lowest BCUT2D eigenvalue weighted by Crippen LogP contribution is -2.17. The average Bonchev–Trinajstić information content (AvgIpc) is 2.77. The number of carboxylic acid groups (broad SMARTS) is 1. The van der Waals surface area contributed by atoms with Crippen molar-refractivity contribution in [3.8, 4) is 0 Å². The number of carbonyl (C=O) groups is 1. The van der Waals surface area contributed by atoms with E-state index in [4.69, 9.17) is 5.11 Å². The molecule has 1 fully saturated rings. The maximum atomic E-state index is 12.3. The van der Waals surface area contributed by atoms with E-state index in [1.165, 1.54) is 0 Å². The van der Waals surface area contributed by atoms with Gasteiger partial charge in [-0.05, 0) is 17.5 Å². The summed E-state index contributed by atoms with van der Waals surface area (Å²) in [4.78, 5) is 10.9. The van der Waals surface area contributed by atoms with Crippen LogP contribution in [0.25, 0.3) is 0 Å². The summed E-state index contributed by atoms with van der Waals surface area (Å²) in [5.74, 6) is -1.21. The molecular formula is C13H15F2NO2. The van der Waals surface area contributed by atoms with Crippen molar-refractivity contribution in [2.45, 2.75) is 25.3 Å². The molecule has 0 radical (unpaired) electrons. The van der Waals surface area contributed by atoms with Crippen molar-refractivity contribution in [2.75, 3.05) is 6.54 Å². The Balaban J connectivity index is 2.07. The van der Waals surface area contributed by atoms with Gasteiger partial charge in [-0.3, -0.25) is 4.79 Å². The van der Waals surface area contributed by atoms with Crippen LogP contribution in [0.3, 0.4) is 0 Å². The zero-order chi connectivity index (χ0) is 13.1. The number of benzene rings is 1. The summed E-state index contributed by atoms with van der Waals surface area (Å²) in [6.45, 7) is 0.430. The molecule has 1 aromatic carbocycles. The van der Waals surface area contributed by atoms with Crippen molar-refractivity contribution in [1.29, 1.82) is 0 Å². The molecule has 3 nitrogen and oxygen atoms in total. The van der Waals surface area contributed by atoms with Crippen molar-refractivity contribution in [2.24, 2.45) is 5.92 Å². The predicted octanol–water partition coefficient (Wildman–Crippen LogP) is 2.23. The topological polar surface area (TPSA) is 49.3 Å². The van der Waals surface area contributed by atoms with Crippen LogP contribution in [0.5, 0.6) is 0 Å². The van der Waals surface area contributed by atoms with Crippen molar-refractivity contribution >= 4 is 5.97 Å². The first-order chi connectivity index (χ1) is 8.56. The number of rotatable bonds is 4. The van der Waals surface area contributed by atoms with Crippen molar-refractivity contribution in [3.05, 3.63) is 35.4 Å². The first-order valence-corrected chi connectivity index (χ1v) is 5.89. The average molecular weight is 255 g/mol. The maximum Gasteiger partial charge on any atom is 0.307 e. The van der Waals surface area contributed by atoms with Gasteiger partial charge in [0, 0.05) is 19.0 Å². The van der Waals surface area contributed by atoms with E-state index in [1.54, 1.807) is 18.2 Å². The fourth-order valence-electron chi connectivity index (χ4n) is 2.29. The van der Waals surface area contributed by atoms with Gasteiger partial charge in [0.15, 0.2) is 0 Å². The van der Waals surface area contributed by atoms with E-state index >= 15 is 0 Å². The van der Waals surface area contributed by atoms with Crippen molar-refractivity contribution in [3.63, 3.8) is 0 Å². The summed E-state index contributed by atoms with van der Waals surface area (Å²) >= 11 is 0. The molecule has 18 heavy (non-hydrogen) atoms. The van der Waals surface area contributed by atoms with Crippen LogP contribution in [0, 0.1) is 5.92 Å². The third-order valence-electron chi connectivity index (χ3n) is 3.22. The van der Waals surface area contributed by atoms with E-state index in [0.717, 1.165) is 5.56 Å². The summed E-state index contributed by atoms with van der Waals surface area (Å²) in [6, 6.07) is 6.93. The number of alkyl halides is 2. The Labute approximate surface area is 104 Å². The normalized spacial score (nSPS) is 23.5. The molecule has 98 valence electrons. The zero-order valence-electron chi connectivity index (χ0n) is 9.77. The molecule has 5 heteroatoms. The van der Waals surface area contributed by atoms with Gasteiger partial charge in [-0.1, -0.05) is 24.3 Å². The molecule has 0 saturated carbocycles. The smallest absolute Gasteiger partial charge is 0.307 e. The highest BCUT2D eigenvalue weighted by atomic mass is 19.3. The lowest BCUT2D eigenvalue weighted by molar-refractivity contribution is -0.141. The Hall–Kier alpha value is -1.49. The van der Waals surface area contributed by atoms with E-state index < -0.39 is 18.3 Å². The quantitative estimate of drug-likeness (QED) is 0.867. The molecule has 0 bridgehead atoms. The molecule has 0 amide bonds. The van der Waals surface area contributed by atoms with Gasteiger partial charge < -0.3 is 10.4 Å². The molecule has 2 N–H and O–H groups in total. The second-order valence-corrected chi connectivity index (χ2v) is 4.57. The maximum absolute atomic E-state index is 12.3. The van der Waals surface area contributed by atoms with Gasteiger partial charge in [0.2, 0.25) is 6.43 Å². The van der Waals surface area contributed by atoms with Crippen LogP contribution in [-0.2, 0) is 11.2 Å². The number of nitrogens with one attached hydrogen (secondary N) is 1. The highest BCUT2D eigenvalue weighted by Crippen LogP contribution is 2.28. The third kappa shape index (κ3) is 3.04. The molecule has 2 atom stereocenters. The summed E-state index contributed by atoms with van der Waals surface area (Å²) in [5, 5.41) is 12.0. The Bertz CT molecular complexity index is 437. The number of hydrogen-bond acceptors (Lipinski definition) is 2. The third-order valence-corrected chi connectivity index (χ3v) is 3.22. The molecular weight excluding hydrogens is 240 g/mol. The molecule has 0 aliphatic carbocycles. The van der Waals surface area contributed by atoms with Gasteiger partial charge in [-0.15, -0.1) is 0 Å². The van der Waals surface area contributed by atoms with Gasteiger partial charge in [0.05, 0.1) is 5.92 Å². The first kappa shape index (κ1) is 13.0. The summed E-state index contributed by atoms with van der Waals surface area (Å²) < 4.78 is 24.6. The van der Waals surface area contributed by atoms with Gasteiger partial charge in [-0.2, -0.15) is 0 Å². The summed E-state index contributed by atoms with van der Waals surface area (Å²) in [5.41, 5.74) is 1.47. The van der Waals surface area contributed by atoms with Crippen LogP contribution in [0.4, 0.5) is 8.78 Å². The van der Waals surface area contributed by atoms with Crippen LogP contribution in [0.15, 0.2) is 24.3 Å².